The van der Waals surface area contributed by atoms with Crippen LogP contribution in [0.15, 0.2) is 28.2 Å². The summed E-state index contributed by atoms with van der Waals surface area (Å²) in [4.78, 5) is 22.2. The lowest BCUT2D eigenvalue weighted by Gasteiger charge is -2.05. The SMILES string of the molecule is CCOC(=O)C(=Cc1ccc(Br)cc1[N+](=O)[O-])CC. The summed E-state index contributed by atoms with van der Waals surface area (Å²) in [7, 11) is 0. The van der Waals surface area contributed by atoms with E-state index in [2.05, 4.69) is 15.9 Å². The number of ether oxygens (including phenoxy) is 1. The zero-order chi connectivity index (χ0) is 14.4. The van der Waals surface area contributed by atoms with Crippen molar-refractivity contribution in [1.82, 2.24) is 0 Å². The zero-order valence-corrected chi connectivity index (χ0v) is 12.3. The van der Waals surface area contributed by atoms with E-state index in [0.29, 0.717) is 22.0 Å². The molecular weight excluding hydrogens is 314 g/mol. The lowest BCUT2D eigenvalue weighted by atomic mass is 10.1. The smallest absolute Gasteiger partial charge is 0.333 e. The van der Waals surface area contributed by atoms with Gasteiger partial charge < -0.3 is 4.74 Å². The number of nitro groups is 1. The number of nitrogens with zero attached hydrogens (tertiary/aromatic N) is 1. The Balaban J connectivity index is 3.21. The molecule has 1 rings (SSSR count). The van der Waals surface area contributed by atoms with Crippen molar-refractivity contribution in [3.8, 4) is 0 Å². The van der Waals surface area contributed by atoms with E-state index < -0.39 is 10.9 Å². The third-order valence-corrected chi connectivity index (χ3v) is 2.93. The summed E-state index contributed by atoms with van der Waals surface area (Å²) in [5.41, 5.74) is 0.745. The topological polar surface area (TPSA) is 69.4 Å². The molecule has 0 aliphatic heterocycles. The molecule has 0 amide bonds. The van der Waals surface area contributed by atoms with Gasteiger partial charge in [-0.15, -0.1) is 0 Å². The second-order valence-electron chi connectivity index (χ2n) is 3.70. The Morgan fingerprint density at radius 1 is 1.47 bits per heavy atom. The standard InChI is InChI=1S/C13H14BrNO4/c1-3-9(13(16)19-4-2)7-10-5-6-11(14)8-12(10)15(17)18/h5-8H,3-4H2,1-2H3. The predicted molar refractivity (Wildman–Crippen MR) is 75.7 cm³/mol. The van der Waals surface area contributed by atoms with Crippen LogP contribution in [0, 0.1) is 10.1 Å². The molecule has 0 heterocycles. The van der Waals surface area contributed by atoms with Crippen LogP contribution < -0.4 is 0 Å². The Hall–Kier alpha value is -1.69. The molecular formula is C13H14BrNO4. The number of hydrogen-bond acceptors (Lipinski definition) is 4. The van der Waals surface area contributed by atoms with Crippen molar-refractivity contribution in [3.63, 3.8) is 0 Å². The van der Waals surface area contributed by atoms with Crippen LogP contribution in [0.25, 0.3) is 6.08 Å². The number of benzene rings is 1. The third-order valence-electron chi connectivity index (χ3n) is 2.44. The van der Waals surface area contributed by atoms with Crippen molar-refractivity contribution in [2.45, 2.75) is 20.3 Å². The second kappa shape index (κ2) is 7.04. The normalized spacial score (nSPS) is 11.2. The Kier molecular flexibility index (Phi) is 5.69. The van der Waals surface area contributed by atoms with E-state index in [1.165, 1.54) is 12.1 Å². The van der Waals surface area contributed by atoms with Crippen molar-refractivity contribution in [3.05, 3.63) is 43.9 Å². The highest BCUT2D eigenvalue weighted by molar-refractivity contribution is 9.10. The van der Waals surface area contributed by atoms with Crippen LogP contribution >= 0.6 is 15.9 Å². The second-order valence-corrected chi connectivity index (χ2v) is 4.62. The van der Waals surface area contributed by atoms with E-state index in [4.69, 9.17) is 4.74 Å². The Bertz CT molecular complexity index is 525. The predicted octanol–water partition coefficient (Wildman–Crippen LogP) is 3.71. The van der Waals surface area contributed by atoms with Gasteiger partial charge in [-0.25, -0.2) is 4.79 Å². The maximum atomic E-state index is 11.7. The highest BCUT2D eigenvalue weighted by atomic mass is 79.9. The largest absolute Gasteiger partial charge is 0.463 e. The molecule has 6 heteroatoms. The number of esters is 1. The van der Waals surface area contributed by atoms with Gasteiger partial charge in [-0.05, 0) is 31.6 Å². The minimum absolute atomic E-state index is 0.0513. The molecule has 0 radical (unpaired) electrons. The van der Waals surface area contributed by atoms with Crippen molar-refractivity contribution >= 4 is 33.7 Å². The first-order valence-electron chi connectivity index (χ1n) is 5.81. The lowest BCUT2D eigenvalue weighted by molar-refractivity contribution is -0.385. The number of carbonyl (C=O) groups is 1. The van der Waals surface area contributed by atoms with Crippen molar-refractivity contribution < 1.29 is 14.5 Å². The first kappa shape index (κ1) is 15.4. The van der Waals surface area contributed by atoms with Crippen molar-refractivity contribution in [1.29, 1.82) is 0 Å². The molecule has 0 aliphatic carbocycles. The third kappa shape index (κ3) is 4.17. The fourth-order valence-electron chi connectivity index (χ4n) is 1.51. The van der Waals surface area contributed by atoms with Gasteiger partial charge in [0.15, 0.2) is 0 Å². The summed E-state index contributed by atoms with van der Waals surface area (Å²) in [5, 5.41) is 11.0. The molecule has 5 nitrogen and oxygen atoms in total. The summed E-state index contributed by atoms with van der Waals surface area (Å²) in [6.45, 7) is 3.79. The van der Waals surface area contributed by atoms with Gasteiger partial charge in [-0.1, -0.05) is 22.9 Å². The molecule has 0 aliphatic rings. The molecule has 0 saturated heterocycles. The van der Waals surface area contributed by atoms with Gasteiger partial charge in [0.2, 0.25) is 0 Å². The molecule has 102 valence electrons. The van der Waals surface area contributed by atoms with Crippen LogP contribution in [0.4, 0.5) is 5.69 Å². The molecule has 19 heavy (non-hydrogen) atoms. The molecule has 0 bridgehead atoms. The Morgan fingerprint density at radius 2 is 2.16 bits per heavy atom. The van der Waals surface area contributed by atoms with Crippen LogP contribution in [0.3, 0.4) is 0 Å². The highest BCUT2D eigenvalue weighted by Gasteiger charge is 2.15. The number of hydrogen-bond donors (Lipinski definition) is 0. The summed E-state index contributed by atoms with van der Waals surface area (Å²) in [5.74, 6) is -0.442. The Labute approximate surface area is 119 Å². The Morgan fingerprint density at radius 3 is 2.68 bits per heavy atom. The summed E-state index contributed by atoms with van der Waals surface area (Å²) < 4.78 is 5.52. The maximum Gasteiger partial charge on any atom is 0.333 e. The minimum Gasteiger partial charge on any atom is -0.463 e. The maximum absolute atomic E-state index is 11.7. The van der Waals surface area contributed by atoms with Gasteiger partial charge in [-0.3, -0.25) is 10.1 Å². The fourth-order valence-corrected chi connectivity index (χ4v) is 1.86. The summed E-state index contributed by atoms with van der Waals surface area (Å²) >= 11 is 3.18. The van der Waals surface area contributed by atoms with Crippen LogP contribution in [0.5, 0.6) is 0 Å². The average molecular weight is 328 g/mol. The molecule has 0 spiro atoms. The van der Waals surface area contributed by atoms with Crippen LogP contribution in [-0.4, -0.2) is 17.5 Å². The molecule has 0 saturated carbocycles. The molecule has 0 atom stereocenters. The van der Waals surface area contributed by atoms with E-state index in [1.807, 2.05) is 0 Å². The van der Waals surface area contributed by atoms with Gasteiger partial charge in [0.05, 0.1) is 17.1 Å². The molecule has 0 aromatic heterocycles. The van der Waals surface area contributed by atoms with Crippen molar-refractivity contribution in [2.24, 2.45) is 0 Å². The number of carbonyl (C=O) groups excluding carboxylic acids is 1. The van der Waals surface area contributed by atoms with Gasteiger partial charge in [-0.2, -0.15) is 0 Å². The molecule has 0 N–H and O–H groups in total. The quantitative estimate of drug-likeness (QED) is 0.357. The van der Waals surface area contributed by atoms with Gasteiger partial charge in [0.25, 0.3) is 5.69 Å². The van der Waals surface area contributed by atoms with E-state index in [1.54, 1.807) is 26.0 Å². The fraction of sp³-hybridized carbons (Fsp3) is 0.308. The van der Waals surface area contributed by atoms with Crippen molar-refractivity contribution in [2.75, 3.05) is 6.61 Å². The van der Waals surface area contributed by atoms with E-state index in [9.17, 15) is 14.9 Å². The van der Waals surface area contributed by atoms with E-state index in [0.717, 1.165) is 0 Å². The van der Waals surface area contributed by atoms with Gasteiger partial charge in [0.1, 0.15) is 0 Å². The van der Waals surface area contributed by atoms with Crippen LogP contribution in [0.1, 0.15) is 25.8 Å². The van der Waals surface area contributed by atoms with E-state index >= 15 is 0 Å². The van der Waals surface area contributed by atoms with Crippen LogP contribution in [0.2, 0.25) is 0 Å². The monoisotopic (exact) mass is 327 g/mol. The van der Waals surface area contributed by atoms with Gasteiger partial charge in [0, 0.05) is 16.1 Å². The van der Waals surface area contributed by atoms with Crippen LogP contribution in [-0.2, 0) is 9.53 Å². The summed E-state index contributed by atoms with van der Waals surface area (Å²) in [6.07, 6.45) is 1.95. The number of rotatable bonds is 5. The van der Waals surface area contributed by atoms with Gasteiger partial charge >= 0.3 is 5.97 Å². The molecule has 0 fully saturated rings. The minimum atomic E-state index is -0.477. The lowest BCUT2D eigenvalue weighted by Crippen LogP contribution is -2.07. The molecule has 0 unspecified atom stereocenters. The summed E-state index contributed by atoms with van der Waals surface area (Å²) in [6, 6.07) is 4.69. The highest BCUT2D eigenvalue weighted by Crippen LogP contribution is 2.26. The first-order valence-corrected chi connectivity index (χ1v) is 6.60. The first-order chi connectivity index (χ1) is 8.99. The van der Waals surface area contributed by atoms with E-state index in [-0.39, 0.29) is 12.3 Å². The number of nitro benzene ring substituents is 1. The zero-order valence-electron chi connectivity index (χ0n) is 10.7. The number of halogens is 1. The molecule has 1 aromatic carbocycles. The molecule has 1 aromatic rings. The average Bonchev–Trinajstić information content (AvgIpc) is 2.37.